The number of nitrogens with one attached hydrogen (secondary N) is 2. The van der Waals surface area contributed by atoms with Crippen molar-refractivity contribution in [3.05, 3.63) is 34.3 Å². The third-order valence-electron chi connectivity index (χ3n) is 4.45. The number of carbonyl (C=O) groups excluding carboxylic acids is 1. The van der Waals surface area contributed by atoms with Crippen LogP contribution in [0.5, 0.6) is 0 Å². The number of hydrogen-bond acceptors (Lipinski definition) is 3. The lowest BCUT2D eigenvalue weighted by molar-refractivity contribution is -0.130. The van der Waals surface area contributed by atoms with E-state index >= 15 is 0 Å². The highest BCUT2D eigenvalue weighted by Crippen LogP contribution is 2.28. The fourth-order valence-corrected chi connectivity index (χ4v) is 3.00. The SMILES string of the molecule is CN=C(NCCCOCC1CC1)NCCC(=O)N(C)Cc1ccccc1Br. The minimum absolute atomic E-state index is 0.0992. The summed E-state index contributed by atoms with van der Waals surface area (Å²) in [5.41, 5.74) is 1.10. The number of nitrogens with zero attached hydrogens (tertiary/aromatic N) is 2. The van der Waals surface area contributed by atoms with Crippen LogP contribution in [0.3, 0.4) is 0 Å². The summed E-state index contributed by atoms with van der Waals surface area (Å²) >= 11 is 3.52. The van der Waals surface area contributed by atoms with Gasteiger partial charge in [-0.15, -0.1) is 0 Å². The highest BCUT2D eigenvalue weighted by atomic mass is 79.9. The number of rotatable bonds is 11. The molecule has 0 saturated heterocycles. The van der Waals surface area contributed by atoms with E-state index < -0.39 is 0 Å². The van der Waals surface area contributed by atoms with E-state index in [-0.39, 0.29) is 5.91 Å². The van der Waals surface area contributed by atoms with Crippen molar-refractivity contribution < 1.29 is 9.53 Å². The molecule has 1 aromatic carbocycles. The molecule has 0 heterocycles. The predicted molar refractivity (Wildman–Crippen MR) is 113 cm³/mol. The first-order valence-corrected chi connectivity index (χ1v) is 10.4. The topological polar surface area (TPSA) is 66.0 Å². The molecule has 1 aliphatic carbocycles. The third kappa shape index (κ3) is 8.75. The van der Waals surface area contributed by atoms with Gasteiger partial charge in [0.2, 0.25) is 5.91 Å². The van der Waals surface area contributed by atoms with Crippen LogP contribution in [0.1, 0.15) is 31.2 Å². The second-order valence-electron chi connectivity index (χ2n) is 6.89. The van der Waals surface area contributed by atoms with Crippen LogP contribution < -0.4 is 10.6 Å². The van der Waals surface area contributed by atoms with Gasteiger partial charge in [-0.1, -0.05) is 34.1 Å². The molecule has 1 aliphatic rings. The number of guanidine groups is 1. The van der Waals surface area contributed by atoms with Crippen molar-refractivity contribution in [2.24, 2.45) is 10.9 Å². The molecule has 1 amide bonds. The third-order valence-corrected chi connectivity index (χ3v) is 5.23. The van der Waals surface area contributed by atoms with Gasteiger partial charge in [0.05, 0.1) is 0 Å². The van der Waals surface area contributed by atoms with Gasteiger partial charge < -0.3 is 20.3 Å². The average Bonchev–Trinajstić information content (AvgIpc) is 3.49. The van der Waals surface area contributed by atoms with E-state index in [1.807, 2.05) is 31.3 Å². The van der Waals surface area contributed by atoms with E-state index in [1.165, 1.54) is 12.8 Å². The summed E-state index contributed by atoms with van der Waals surface area (Å²) in [7, 11) is 3.57. The molecule has 2 rings (SSSR count). The van der Waals surface area contributed by atoms with Gasteiger partial charge in [0, 0.05) is 57.8 Å². The van der Waals surface area contributed by atoms with E-state index in [0.29, 0.717) is 19.5 Å². The monoisotopic (exact) mass is 438 g/mol. The van der Waals surface area contributed by atoms with Crippen molar-refractivity contribution in [2.75, 3.05) is 40.4 Å². The molecule has 0 aromatic heterocycles. The van der Waals surface area contributed by atoms with Crippen molar-refractivity contribution >= 4 is 27.8 Å². The Balaban J connectivity index is 1.57. The first kappa shape index (κ1) is 21.7. The lowest BCUT2D eigenvalue weighted by atomic mass is 10.2. The van der Waals surface area contributed by atoms with Gasteiger partial charge in [-0.25, -0.2) is 0 Å². The molecule has 1 saturated carbocycles. The van der Waals surface area contributed by atoms with Crippen LogP contribution in [0.15, 0.2) is 33.7 Å². The van der Waals surface area contributed by atoms with E-state index in [2.05, 4.69) is 31.6 Å². The molecule has 6 nitrogen and oxygen atoms in total. The van der Waals surface area contributed by atoms with Gasteiger partial charge in [-0.05, 0) is 36.8 Å². The lowest BCUT2D eigenvalue weighted by Gasteiger charge is -2.19. The largest absolute Gasteiger partial charge is 0.381 e. The number of carbonyl (C=O) groups is 1. The summed E-state index contributed by atoms with van der Waals surface area (Å²) < 4.78 is 6.64. The number of halogens is 1. The Kier molecular flexibility index (Phi) is 9.62. The highest BCUT2D eigenvalue weighted by Gasteiger charge is 2.20. The van der Waals surface area contributed by atoms with Gasteiger partial charge in [-0.2, -0.15) is 0 Å². The molecule has 0 radical (unpaired) electrons. The molecule has 0 atom stereocenters. The van der Waals surface area contributed by atoms with Gasteiger partial charge >= 0.3 is 0 Å². The van der Waals surface area contributed by atoms with Crippen LogP contribution in [0.2, 0.25) is 0 Å². The molecular formula is C20H31BrN4O2. The molecule has 0 bridgehead atoms. The molecule has 1 aromatic rings. The average molecular weight is 439 g/mol. The fourth-order valence-electron chi connectivity index (χ4n) is 2.59. The van der Waals surface area contributed by atoms with Crippen molar-refractivity contribution in [3.8, 4) is 0 Å². The maximum Gasteiger partial charge on any atom is 0.224 e. The number of aliphatic imine (C=N–C) groups is 1. The Labute approximate surface area is 170 Å². The normalized spacial score (nSPS) is 14.1. The van der Waals surface area contributed by atoms with Crippen LogP contribution in [-0.4, -0.2) is 57.2 Å². The molecule has 150 valence electrons. The first-order valence-electron chi connectivity index (χ1n) is 9.59. The van der Waals surface area contributed by atoms with Crippen LogP contribution in [0.25, 0.3) is 0 Å². The Hall–Kier alpha value is -1.60. The number of amides is 1. The Bertz CT molecular complexity index is 620. The highest BCUT2D eigenvalue weighted by molar-refractivity contribution is 9.10. The second kappa shape index (κ2) is 12.0. The van der Waals surface area contributed by atoms with Gasteiger partial charge in [0.25, 0.3) is 0 Å². The Morgan fingerprint density at radius 2 is 2.04 bits per heavy atom. The quantitative estimate of drug-likeness (QED) is 0.316. The second-order valence-corrected chi connectivity index (χ2v) is 7.74. The summed E-state index contributed by atoms with van der Waals surface area (Å²) in [6.45, 7) is 3.63. The predicted octanol–water partition coefficient (Wildman–Crippen LogP) is 2.78. The van der Waals surface area contributed by atoms with E-state index in [9.17, 15) is 4.79 Å². The molecule has 0 spiro atoms. The van der Waals surface area contributed by atoms with Crippen LogP contribution in [0, 0.1) is 5.92 Å². The van der Waals surface area contributed by atoms with E-state index in [1.54, 1.807) is 11.9 Å². The number of hydrogen-bond donors (Lipinski definition) is 2. The van der Waals surface area contributed by atoms with Crippen molar-refractivity contribution in [3.63, 3.8) is 0 Å². The van der Waals surface area contributed by atoms with Gasteiger partial charge in [0.1, 0.15) is 0 Å². The van der Waals surface area contributed by atoms with Crippen molar-refractivity contribution in [1.29, 1.82) is 0 Å². The zero-order valence-electron chi connectivity index (χ0n) is 16.3. The molecular weight excluding hydrogens is 408 g/mol. The minimum Gasteiger partial charge on any atom is -0.381 e. The smallest absolute Gasteiger partial charge is 0.224 e. The summed E-state index contributed by atoms with van der Waals surface area (Å²) in [6, 6.07) is 7.96. The number of benzene rings is 1. The maximum absolute atomic E-state index is 12.3. The molecule has 0 unspecified atom stereocenters. The van der Waals surface area contributed by atoms with Gasteiger partial charge in [-0.3, -0.25) is 9.79 Å². The fraction of sp³-hybridized carbons (Fsp3) is 0.600. The zero-order chi connectivity index (χ0) is 19.5. The van der Waals surface area contributed by atoms with Crippen LogP contribution in [0.4, 0.5) is 0 Å². The van der Waals surface area contributed by atoms with E-state index in [4.69, 9.17) is 4.74 Å². The zero-order valence-corrected chi connectivity index (χ0v) is 17.9. The summed E-state index contributed by atoms with van der Waals surface area (Å²) in [5.74, 6) is 1.63. The number of ether oxygens (including phenoxy) is 1. The van der Waals surface area contributed by atoms with Crippen LogP contribution in [-0.2, 0) is 16.1 Å². The van der Waals surface area contributed by atoms with Crippen LogP contribution >= 0.6 is 15.9 Å². The summed E-state index contributed by atoms with van der Waals surface area (Å²) in [6.07, 6.45) is 4.02. The molecule has 1 fully saturated rings. The minimum atomic E-state index is 0.0992. The Morgan fingerprint density at radius 3 is 2.74 bits per heavy atom. The first-order chi connectivity index (χ1) is 13.1. The molecule has 27 heavy (non-hydrogen) atoms. The molecule has 0 aliphatic heterocycles. The van der Waals surface area contributed by atoms with E-state index in [0.717, 1.165) is 48.1 Å². The lowest BCUT2D eigenvalue weighted by Crippen LogP contribution is -2.40. The van der Waals surface area contributed by atoms with Crippen molar-refractivity contribution in [2.45, 2.75) is 32.2 Å². The maximum atomic E-state index is 12.3. The molecule has 7 heteroatoms. The standard InChI is InChI=1S/C20H31BrN4O2/c1-22-20(23-11-5-13-27-15-16-8-9-16)24-12-10-19(26)25(2)14-17-6-3-4-7-18(17)21/h3-4,6-7,16H,5,8-15H2,1-2H3,(H2,22,23,24). The summed E-state index contributed by atoms with van der Waals surface area (Å²) in [4.78, 5) is 18.2. The van der Waals surface area contributed by atoms with Crippen molar-refractivity contribution in [1.82, 2.24) is 15.5 Å². The molecule has 2 N–H and O–H groups in total. The van der Waals surface area contributed by atoms with Gasteiger partial charge in [0.15, 0.2) is 5.96 Å². The summed E-state index contributed by atoms with van der Waals surface area (Å²) in [5, 5.41) is 6.44. The Morgan fingerprint density at radius 1 is 1.30 bits per heavy atom.